The predicted octanol–water partition coefficient (Wildman–Crippen LogP) is 2.55. The molecule has 0 unspecified atom stereocenters. The van der Waals surface area contributed by atoms with E-state index in [4.69, 9.17) is 27.8 Å². The molecule has 0 aromatic heterocycles. The summed E-state index contributed by atoms with van der Waals surface area (Å²) in [7, 11) is -4.26. The number of halogens is 2. The Balaban J connectivity index is 3.50. The Bertz CT molecular complexity index is 439. The summed E-state index contributed by atoms with van der Waals surface area (Å²) in [4.78, 5) is -0.323. The molecule has 0 aliphatic carbocycles. The van der Waals surface area contributed by atoms with Gasteiger partial charge in [-0.05, 0) is 24.6 Å². The van der Waals surface area contributed by atoms with E-state index in [0.29, 0.717) is 10.6 Å². The highest BCUT2D eigenvalue weighted by molar-refractivity contribution is 7.86. The van der Waals surface area contributed by atoms with E-state index in [-0.39, 0.29) is 9.92 Å². The van der Waals surface area contributed by atoms with Crippen molar-refractivity contribution in [2.24, 2.45) is 0 Å². The van der Waals surface area contributed by atoms with E-state index in [9.17, 15) is 8.42 Å². The molecular weight excluding hydrogens is 235 g/mol. The third kappa shape index (κ3) is 2.34. The minimum atomic E-state index is -4.26. The van der Waals surface area contributed by atoms with Crippen LogP contribution >= 0.6 is 23.2 Å². The maximum absolute atomic E-state index is 10.7. The Labute approximate surface area is 86.0 Å². The molecule has 0 bridgehead atoms. The van der Waals surface area contributed by atoms with Crippen LogP contribution in [0.1, 0.15) is 5.56 Å². The second kappa shape index (κ2) is 3.46. The highest BCUT2D eigenvalue weighted by atomic mass is 35.5. The average molecular weight is 241 g/mol. The van der Waals surface area contributed by atoms with Crippen molar-refractivity contribution in [3.05, 3.63) is 27.7 Å². The second-order valence-electron chi connectivity index (χ2n) is 2.51. The number of aryl methyl sites for hydroxylation is 1. The summed E-state index contributed by atoms with van der Waals surface area (Å²) in [5, 5.41) is 0.274. The van der Waals surface area contributed by atoms with Gasteiger partial charge >= 0.3 is 0 Å². The fraction of sp³-hybridized carbons (Fsp3) is 0.143. The van der Waals surface area contributed by atoms with E-state index >= 15 is 0 Å². The van der Waals surface area contributed by atoms with Gasteiger partial charge in [0, 0.05) is 5.02 Å². The summed E-state index contributed by atoms with van der Waals surface area (Å²) >= 11 is 11.2. The smallest absolute Gasteiger partial charge is 0.282 e. The van der Waals surface area contributed by atoms with Crippen molar-refractivity contribution in [2.75, 3.05) is 0 Å². The Morgan fingerprint density at radius 2 is 1.77 bits per heavy atom. The molecule has 72 valence electrons. The molecule has 0 fully saturated rings. The molecule has 0 saturated carbocycles. The Hall–Kier alpha value is -0.290. The molecule has 6 heteroatoms. The molecule has 1 aromatic carbocycles. The fourth-order valence-electron chi connectivity index (χ4n) is 0.828. The molecule has 3 nitrogen and oxygen atoms in total. The predicted molar refractivity (Wildman–Crippen MR) is 51.0 cm³/mol. The second-order valence-corrected chi connectivity index (χ2v) is 4.71. The quantitative estimate of drug-likeness (QED) is 0.768. The summed E-state index contributed by atoms with van der Waals surface area (Å²) in [6, 6.07) is 2.50. The van der Waals surface area contributed by atoms with E-state index in [1.165, 1.54) is 12.1 Å². The van der Waals surface area contributed by atoms with E-state index in [0.717, 1.165) is 0 Å². The van der Waals surface area contributed by atoms with E-state index < -0.39 is 10.1 Å². The highest BCUT2D eigenvalue weighted by Crippen LogP contribution is 2.27. The number of hydrogen-bond donors (Lipinski definition) is 1. The van der Waals surface area contributed by atoms with Crippen LogP contribution in [0.4, 0.5) is 0 Å². The molecule has 0 aliphatic rings. The van der Waals surface area contributed by atoms with Crippen molar-refractivity contribution in [3.8, 4) is 0 Å². The lowest BCUT2D eigenvalue weighted by Crippen LogP contribution is -1.99. The van der Waals surface area contributed by atoms with E-state index in [1.54, 1.807) is 6.92 Å². The third-order valence-electron chi connectivity index (χ3n) is 1.49. The van der Waals surface area contributed by atoms with Crippen molar-refractivity contribution in [1.82, 2.24) is 0 Å². The monoisotopic (exact) mass is 240 g/mol. The summed E-state index contributed by atoms with van der Waals surface area (Å²) in [5.41, 5.74) is 0.540. The van der Waals surface area contributed by atoms with Crippen molar-refractivity contribution in [2.45, 2.75) is 11.8 Å². The first-order valence-electron chi connectivity index (χ1n) is 3.25. The highest BCUT2D eigenvalue weighted by Gasteiger charge is 2.15. The fourth-order valence-corrected chi connectivity index (χ4v) is 2.14. The first-order chi connectivity index (χ1) is 5.82. The van der Waals surface area contributed by atoms with Gasteiger partial charge in [-0.3, -0.25) is 4.55 Å². The van der Waals surface area contributed by atoms with Gasteiger partial charge in [0.2, 0.25) is 0 Å². The molecule has 1 rings (SSSR count). The molecule has 0 heterocycles. The van der Waals surface area contributed by atoms with Crippen LogP contribution < -0.4 is 0 Å². The van der Waals surface area contributed by atoms with Crippen LogP contribution in [0.25, 0.3) is 0 Å². The molecule has 0 radical (unpaired) electrons. The minimum Gasteiger partial charge on any atom is -0.282 e. The van der Waals surface area contributed by atoms with Crippen LogP contribution in [-0.4, -0.2) is 13.0 Å². The van der Waals surface area contributed by atoms with Gasteiger partial charge in [-0.25, -0.2) is 0 Å². The zero-order valence-electron chi connectivity index (χ0n) is 6.58. The molecule has 13 heavy (non-hydrogen) atoms. The SMILES string of the molecule is Cc1cc(S(=O)(=O)O)c(Cl)cc1Cl. The van der Waals surface area contributed by atoms with Crippen LogP contribution in [-0.2, 0) is 10.1 Å². The maximum Gasteiger partial charge on any atom is 0.296 e. The van der Waals surface area contributed by atoms with Gasteiger partial charge in [0.1, 0.15) is 4.90 Å². The van der Waals surface area contributed by atoms with Crippen LogP contribution in [0.15, 0.2) is 17.0 Å². The van der Waals surface area contributed by atoms with Crippen LogP contribution in [0.2, 0.25) is 10.0 Å². The Morgan fingerprint density at radius 3 is 2.23 bits per heavy atom. The topological polar surface area (TPSA) is 54.4 Å². The zero-order chi connectivity index (χ0) is 10.2. The van der Waals surface area contributed by atoms with E-state index in [2.05, 4.69) is 0 Å². The molecule has 1 N–H and O–H groups in total. The van der Waals surface area contributed by atoms with Gasteiger partial charge in [-0.15, -0.1) is 0 Å². The van der Waals surface area contributed by atoms with Crippen molar-refractivity contribution in [1.29, 1.82) is 0 Å². The molecule has 0 spiro atoms. The normalized spacial score (nSPS) is 11.7. The maximum atomic E-state index is 10.7. The van der Waals surface area contributed by atoms with Crippen molar-refractivity contribution in [3.63, 3.8) is 0 Å². The Morgan fingerprint density at radius 1 is 1.23 bits per heavy atom. The summed E-state index contributed by atoms with van der Waals surface area (Å²) < 4.78 is 30.2. The lowest BCUT2D eigenvalue weighted by Gasteiger charge is -2.03. The molecular formula is C7H6Cl2O3S. The van der Waals surface area contributed by atoms with Gasteiger partial charge in [0.25, 0.3) is 10.1 Å². The summed E-state index contributed by atoms with van der Waals surface area (Å²) in [6.07, 6.45) is 0. The van der Waals surface area contributed by atoms with Gasteiger partial charge < -0.3 is 0 Å². The van der Waals surface area contributed by atoms with Gasteiger partial charge in [0.05, 0.1) is 5.02 Å². The molecule has 0 atom stereocenters. The molecule has 0 saturated heterocycles. The minimum absolute atomic E-state index is 0.0851. The standard InChI is InChI=1S/C7H6Cl2O3S/c1-4-2-7(13(10,11)12)6(9)3-5(4)8/h2-3H,1H3,(H,10,11,12). The lowest BCUT2D eigenvalue weighted by atomic mass is 10.2. The molecule has 0 amide bonds. The van der Waals surface area contributed by atoms with Crippen molar-refractivity contribution < 1.29 is 13.0 Å². The van der Waals surface area contributed by atoms with Gasteiger partial charge in [-0.1, -0.05) is 23.2 Å². The third-order valence-corrected chi connectivity index (χ3v) is 3.22. The first kappa shape index (κ1) is 10.8. The molecule has 1 aromatic rings. The van der Waals surface area contributed by atoms with E-state index in [1.807, 2.05) is 0 Å². The number of hydrogen-bond acceptors (Lipinski definition) is 2. The van der Waals surface area contributed by atoms with Gasteiger partial charge in [0.15, 0.2) is 0 Å². The zero-order valence-corrected chi connectivity index (χ0v) is 8.91. The number of benzene rings is 1. The van der Waals surface area contributed by atoms with Crippen LogP contribution in [0.5, 0.6) is 0 Å². The largest absolute Gasteiger partial charge is 0.296 e. The van der Waals surface area contributed by atoms with Crippen LogP contribution in [0, 0.1) is 6.92 Å². The Kier molecular flexibility index (Phi) is 2.87. The first-order valence-corrected chi connectivity index (χ1v) is 5.45. The summed E-state index contributed by atoms with van der Waals surface area (Å²) in [6.45, 7) is 1.62. The average Bonchev–Trinajstić information content (AvgIpc) is 1.94. The lowest BCUT2D eigenvalue weighted by molar-refractivity contribution is 0.483. The number of rotatable bonds is 1. The van der Waals surface area contributed by atoms with Gasteiger partial charge in [-0.2, -0.15) is 8.42 Å². The summed E-state index contributed by atoms with van der Waals surface area (Å²) in [5.74, 6) is 0. The molecule has 0 aliphatic heterocycles. The van der Waals surface area contributed by atoms with Crippen LogP contribution in [0.3, 0.4) is 0 Å². The van der Waals surface area contributed by atoms with Crippen molar-refractivity contribution >= 4 is 33.3 Å².